The summed E-state index contributed by atoms with van der Waals surface area (Å²) in [7, 11) is 0. The van der Waals surface area contributed by atoms with Crippen LogP contribution >= 0.6 is 15.9 Å². The molecule has 28 heavy (non-hydrogen) atoms. The van der Waals surface area contributed by atoms with Gasteiger partial charge < -0.3 is 9.84 Å². The third-order valence-electron chi connectivity index (χ3n) is 4.09. The average Bonchev–Trinajstić information content (AvgIpc) is 2.69. The minimum absolute atomic E-state index is 0.0897. The molecule has 0 amide bonds. The van der Waals surface area contributed by atoms with Gasteiger partial charge in [-0.3, -0.25) is 14.6 Å². The Kier molecular flexibility index (Phi) is 6.33. The van der Waals surface area contributed by atoms with Crippen LogP contribution in [0.4, 0.5) is 0 Å². The lowest BCUT2D eigenvalue weighted by molar-refractivity contribution is 0.0964. The number of Topliss-reactive ketones (excluding diaryl/α,β-unsaturated/α-hetero) is 1. The number of rotatable bonds is 7. The molecule has 0 fully saturated rings. The van der Waals surface area contributed by atoms with Crippen molar-refractivity contribution in [3.63, 3.8) is 0 Å². The SMILES string of the molecule is Cc1cc(CO)ccc1C(=O)Cn1ncc(OCc2ccc(Br)cn2)cc1=O. The molecule has 0 atom stereocenters. The van der Waals surface area contributed by atoms with Crippen molar-refractivity contribution in [3.05, 3.63) is 86.0 Å². The fourth-order valence-electron chi connectivity index (χ4n) is 2.62. The average molecular weight is 444 g/mol. The molecule has 0 saturated heterocycles. The van der Waals surface area contributed by atoms with E-state index in [0.29, 0.717) is 17.0 Å². The summed E-state index contributed by atoms with van der Waals surface area (Å²) in [5.74, 6) is 0.0752. The number of hydrogen-bond acceptors (Lipinski definition) is 6. The van der Waals surface area contributed by atoms with Crippen LogP contribution in [-0.2, 0) is 19.8 Å². The second-order valence-electron chi connectivity index (χ2n) is 6.17. The maximum Gasteiger partial charge on any atom is 0.270 e. The summed E-state index contributed by atoms with van der Waals surface area (Å²) < 4.78 is 7.50. The maximum atomic E-state index is 12.5. The minimum atomic E-state index is -0.431. The lowest BCUT2D eigenvalue weighted by Gasteiger charge is -2.09. The van der Waals surface area contributed by atoms with E-state index in [9.17, 15) is 9.59 Å². The van der Waals surface area contributed by atoms with Gasteiger partial charge in [0.15, 0.2) is 5.78 Å². The number of aromatic nitrogens is 3. The van der Waals surface area contributed by atoms with Gasteiger partial charge in [-0.2, -0.15) is 5.10 Å². The molecule has 0 aliphatic rings. The summed E-state index contributed by atoms with van der Waals surface area (Å²) in [6, 6.07) is 10.0. The van der Waals surface area contributed by atoms with E-state index in [1.54, 1.807) is 31.3 Å². The Bertz CT molecular complexity index is 1050. The van der Waals surface area contributed by atoms with Crippen LogP contribution in [0.25, 0.3) is 0 Å². The fourth-order valence-corrected chi connectivity index (χ4v) is 2.86. The Hall–Kier alpha value is -2.84. The van der Waals surface area contributed by atoms with Gasteiger partial charge in [-0.1, -0.05) is 18.2 Å². The molecule has 0 spiro atoms. The number of carbonyl (C=O) groups excluding carboxylic acids is 1. The molecule has 1 aromatic carbocycles. The van der Waals surface area contributed by atoms with Crippen molar-refractivity contribution >= 4 is 21.7 Å². The number of hydrogen-bond donors (Lipinski definition) is 1. The Morgan fingerprint density at radius 3 is 2.68 bits per heavy atom. The zero-order valence-corrected chi connectivity index (χ0v) is 16.7. The molecule has 0 saturated carbocycles. The van der Waals surface area contributed by atoms with Crippen molar-refractivity contribution in [3.8, 4) is 5.75 Å². The summed E-state index contributed by atoms with van der Waals surface area (Å²) >= 11 is 3.31. The molecule has 8 heteroatoms. The van der Waals surface area contributed by atoms with Crippen LogP contribution in [0.3, 0.4) is 0 Å². The maximum absolute atomic E-state index is 12.5. The van der Waals surface area contributed by atoms with E-state index in [2.05, 4.69) is 26.0 Å². The number of aliphatic hydroxyl groups is 1. The second kappa shape index (κ2) is 8.90. The molecule has 2 heterocycles. The molecule has 0 bridgehead atoms. The number of carbonyl (C=O) groups is 1. The van der Waals surface area contributed by atoms with Crippen LogP contribution in [0.15, 0.2) is 58.1 Å². The first kappa shape index (κ1) is 19.9. The van der Waals surface area contributed by atoms with E-state index in [0.717, 1.165) is 20.3 Å². The van der Waals surface area contributed by atoms with Gasteiger partial charge in [0, 0.05) is 22.3 Å². The molecular formula is C20H18BrN3O4. The summed E-state index contributed by atoms with van der Waals surface area (Å²) in [4.78, 5) is 29.0. The van der Waals surface area contributed by atoms with E-state index in [-0.39, 0.29) is 25.5 Å². The van der Waals surface area contributed by atoms with Crippen LogP contribution in [0.5, 0.6) is 5.75 Å². The first-order valence-corrected chi connectivity index (χ1v) is 9.29. The van der Waals surface area contributed by atoms with E-state index in [1.165, 1.54) is 12.3 Å². The van der Waals surface area contributed by atoms with Crippen molar-refractivity contribution < 1.29 is 14.6 Å². The summed E-state index contributed by atoms with van der Waals surface area (Å²) in [6.07, 6.45) is 3.06. The molecule has 2 aromatic heterocycles. The largest absolute Gasteiger partial charge is 0.485 e. The molecular weight excluding hydrogens is 426 g/mol. The van der Waals surface area contributed by atoms with E-state index < -0.39 is 5.56 Å². The lowest BCUT2D eigenvalue weighted by atomic mass is 10.0. The van der Waals surface area contributed by atoms with Gasteiger partial charge in [-0.15, -0.1) is 0 Å². The first-order chi connectivity index (χ1) is 13.5. The number of nitrogens with zero attached hydrogens (tertiary/aromatic N) is 3. The van der Waals surface area contributed by atoms with Gasteiger partial charge in [0.25, 0.3) is 5.56 Å². The van der Waals surface area contributed by atoms with Gasteiger partial charge >= 0.3 is 0 Å². The van der Waals surface area contributed by atoms with Gasteiger partial charge in [-0.05, 0) is 46.1 Å². The first-order valence-electron chi connectivity index (χ1n) is 8.50. The number of halogens is 1. The van der Waals surface area contributed by atoms with Crippen LogP contribution in [-0.4, -0.2) is 25.7 Å². The van der Waals surface area contributed by atoms with Crippen LogP contribution in [0.1, 0.15) is 27.2 Å². The van der Waals surface area contributed by atoms with Crippen molar-refractivity contribution in [1.82, 2.24) is 14.8 Å². The molecule has 3 aromatic rings. The Labute approximate surface area is 169 Å². The molecule has 0 aliphatic heterocycles. The molecule has 0 radical (unpaired) electrons. The van der Waals surface area contributed by atoms with Gasteiger partial charge in [-0.25, -0.2) is 4.68 Å². The lowest BCUT2D eigenvalue weighted by Crippen LogP contribution is -2.26. The third-order valence-corrected chi connectivity index (χ3v) is 4.56. The highest BCUT2D eigenvalue weighted by Crippen LogP contribution is 2.13. The standard InChI is InChI=1S/C20H18BrN3O4/c1-13-6-14(11-25)2-5-18(13)19(26)10-24-20(27)7-17(9-23-24)28-12-16-4-3-15(21)8-22-16/h2-9,25H,10-12H2,1H3. The predicted molar refractivity (Wildman–Crippen MR) is 106 cm³/mol. The number of aliphatic hydroxyl groups excluding tert-OH is 1. The minimum Gasteiger partial charge on any atom is -0.485 e. The third kappa shape index (κ3) is 4.90. The molecule has 3 rings (SSSR count). The van der Waals surface area contributed by atoms with Crippen molar-refractivity contribution in [1.29, 1.82) is 0 Å². The monoisotopic (exact) mass is 443 g/mol. The smallest absolute Gasteiger partial charge is 0.270 e. The fraction of sp³-hybridized carbons (Fsp3) is 0.200. The summed E-state index contributed by atoms with van der Waals surface area (Å²) in [6.45, 7) is 1.73. The van der Waals surface area contributed by atoms with Crippen molar-refractivity contribution in [2.24, 2.45) is 0 Å². The number of ketones is 1. The Morgan fingerprint density at radius 2 is 2.04 bits per heavy atom. The van der Waals surface area contributed by atoms with E-state index in [4.69, 9.17) is 9.84 Å². The number of pyridine rings is 1. The van der Waals surface area contributed by atoms with Gasteiger partial charge in [0.1, 0.15) is 18.9 Å². The van der Waals surface area contributed by atoms with E-state index >= 15 is 0 Å². The zero-order chi connectivity index (χ0) is 20.1. The quantitative estimate of drug-likeness (QED) is 0.564. The number of benzene rings is 1. The molecule has 0 unspecified atom stereocenters. The number of ether oxygens (including phenoxy) is 1. The Morgan fingerprint density at radius 1 is 1.21 bits per heavy atom. The van der Waals surface area contributed by atoms with E-state index in [1.807, 2.05) is 12.1 Å². The number of aryl methyl sites for hydroxylation is 1. The predicted octanol–water partition coefficient (Wildman–Crippen LogP) is 2.66. The highest BCUT2D eigenvalue weighted by Gasteiger charge is 2.12. The zero-order valence-electron chi connectivity index (χ0n) is 15.1. The Balaban J connectivity index is 1.67. The van der Waals surface area contributed by atoms with Crippen LogP contribution in [0, 0.1) is 6.92 Å². The van der Waals surface area contributed by atoms with Crippen LogP contribution < -0.4 is 10.3 Å². The molecule has 0 aliphatic carbocycles. The highest BCUT2D eigenvalue weighted by atomic mass is 79.9. The van der Waals surface area contributed by atoms with Gasteiger partial charge in [0.2, 0.25) is 0 Å². The summed E-state index contributed by atoms with van der Waals surface area (Å²) in [5.41, 5.74) is 2.24. The normalized spacial score (nSPS) is 10.7. The molecule has 7 nitrogen and oxygen atoms in total. The second-order valence-corrected chi connectivity index (χ2v) is 7.09. The topological polar surface area (TPSA) is 94.3 Å². The van der Waals surface area contributed by atoms with Crippen molar-refractivity contribution in [2.45, 2.75) is 26.7 Å². The molecule has 1 N–H and O–H groups in total. The van der Waals surface area contributed by atoms with Crippen LogP contribution in [0.2, 0.25) is 0 Å². The van der Waals surface area contributed by atoms with Crippen molar-refractivity contribution in [2.75, 3.05) is 0 Å². The highest BCUT2D eigenvalue weighted by molar-refractivity contribution is 9.10. The molecule has 144 valence electrons. The van der Waals surface area contributed by atoms with Gasteiger partial charge in [0.05, 0.1) is 18.5 Å². The summed E-state index contributed by atoms with van der Waals surface area (Å²) in [5, 5.41) is 13.2.